The summed E-state index contributed by atoms with van der Waals surface area (Å²) in [6.45, 7) is 3.66. The fraction of sp³-hybridized carbons (Fsp3) is 0.125. The van der Waals surface area contributed by atoms with Gasteiger partial charge in [-0.25, -0.2) is 9.79 Å². The lowest BCUT2D eigenvalue weighted by Gasteiger charge is -1.84. The predicted octanol–water partition coefficient (Wildman–Crippen LogP) is 2.19. The molecule has 0 heterocycles. The van der Waals surface area contributed by atoms with Crippen molar-refractivity contribution < 1.29 is 4.79 Å². The molecule has 0 atom stereocenters. The van der Waals surface area contributed by atoms with Crippen molar-refractivity contribution in [3.05, 3.63) is 35.9 Å². The quantitative estimate of drug-likeness (QED) is 0.360. The summed E-state index contributed by atoms with van der Waals surface area (Å²) >= 11 is 5.60. The van der Waals surface area contributed by atoms with E-state index in [1.807, 2.05) is 0 Å². The van der Waals surface area contributed by atoms with Crippen LogP contribution in [0.3, 0.4) is 0 Å². The van der Waals surface area contributed by atoms with Crippen LogP contribution in [0.25, 0.3) is 0 Å². The maximum Gasteiger partial charge on any atom is 0.235 e. The maximum atomic E-state index is 9.63. The molecule has 0 N–H and O–H groups in total. The smallest absolute Gasteiger partial charge is 0.211 e. The van der Waals surface area contributed by atoms with Gasteiger partial charge in [0.1, 0.15) is 0 Å². The molecule has 0 aromatic rings. The SMILES string of the molecule is C=C/C=C\C=C(\Cl)CN=C=O. The summed E-state index contributed by atoms with van der Waals surface area (Å²) < 4.78 is 0. The van der Waals surface area contributed by atoms with Gasteiger partial charge >= 0.3 is 0 Å². The fourth-order valence-electron chi connectivity index (χ4n) is 0.399. The average molecular weight is 170 g/mol. The van der Waals surface area contributed by atoms with Crippen LogP contribution in [0.15, 0.2) is 40.9 Å². The molecule has 0 aliphatic heterocycles. The Kier molecular flexibility index (Phi) is 6.30. The van der Waals surface area contributed by atoms with E-state index in [4.69, 9.17) is 11.6 Å². The number of isocyanates is 1. The molecule has 0 aliphatic rings. The standard InChI is InChI=1S/C8H8ClNO/c1-2-3-4-5-8(9)6-10-7-11/h2-5H,1,6H2/b4-3-,8-5+. The second-order valence-corrected chi connectivity index (χ2v) is 2.13. The van der Waals surface area contributed by atoms with Gasteiger partial charge in [-0.1, -0.05) is 36.4 Å². The van der Waals surface area contributed by atoms with Gasteiger partial charge in [-0.05, 0) is 6.08 Å². The molecule has 0 saturated heterocycles. The Morgan fingerprint density at radius 3 is 2.91 bits per heavy atom. The first kappa shape index (κ1) is 9.89. The van der Waals surface area contributed by atoms with Gasteiger partial charge < -0.3 is 0 Å². The Hall–Kier alpha value is -1.11. The van der Waals surface area contributed by atoms with Crippen molar-refractivity contribution in [3.8, 4) is 0 Å². The van der Waals surface area contributed by atoms with E-state index in [2.05, 4.69) is 11.6 Å². The van der Waals surface area contributed by atoms with Gasteiger partial charge in [0, 0.05) is 5.03 Å². The van der Waals surface area contributed by atoms with Crippen LogP contribution in [-0.2, 0) is 4.79 Å². The van der Waals surface area contributed by atoms with Gasteiger partial charge in [0.2, 0.25) is 6.08 Å². The highest BCUT2D eigenvalue weighted by molar-refractivity contribution is 6.30. The molecule has 0 bridgehead atoms. The largest absolute Gasteiger partial charge is 0.235 e. The molecule has 0 saturated carbocycles. The monoisotopic (exact) mass is 169 g/mol. The first-order valence-electron chi connectivity index (χ1n) is 2.98. The summed E-state index contributed by atoms with van der Waals surface area (Å²) in [5.74, 6) is 0. The number of halogens is 1. The number of hydrogen-bond donors (Lipinski definition) is 0. The van der Waals surface area contributed by atoms with Crippen LogP contribution in [0.5, 0.6) is 0 Å². The van der Waals surface area contributed by atoms with Crippen LogP contribution in [-0.4, -0.2) is 12.6 Å². The average Bonchev–Trinajstić information content (AvgIpc) is 2.01. The molecule has 58 valence electrons. The summed E-state index contributed by atoms with van der Waals surface area (Å²) in [6, 6.07) is 0. The lowest BCUT2D eigenvalue weighted by molar-refractivity contribution is 0.564. The van der Waals surface area contributed by atoms with Crippen molar-refractivity contribution in [3.63, 3.8) is 0 Å². The number of allylic oxidation sites excluding steroid dienone is 4. The number of carbonyl (C=O) groups excluding carboxylic acids is 1. The van der Waals surface area contributed by atoms with Crippen LogP contribution in [0.1, 0.15) is 0 Å². The van der Waals surface area contributed by atoms with E-state index >= 15 is 0 Å². The zero-order valence-electron chi connectivity index (χ0n) is 5.96. The molecule has 3 heteroatoms. The zero-order valence-corrected chi connectivity index (χ0v) is 6.71. The topological polar surface area (TPSA) is 29.4 Å². The summed E-state index contributed by atoms with van der Waals surface area (Å²) in [7, 11) is 0. The third-order valence-electron chi connectivity index (χ3n) is 0.819. The molecule has 0 rings (SSSR count). The van der Waals surface area contributed by atoms with E-state index in [0.717, 1.165) is 0 Å². The van der Waals surface area contributed by atoms with Crippen molar-refractivity contribution in [2.45, 2.75) is 0 Å². The normalized spacial score (nSPS) is 11.2. The molecular weight excluding hydrogens is 162 g/mol. The maximum absolute atomic E-state index is 9.63. The second-order valence-electron chi connectivity index (χ2n) is 1.64. The summed E-state index contributed by atoms with van der Waals surface area (Å²) in [6.07, 6.45) is 8.11. The van der Waals surface area contributed by atoms with Crippen LogP contribution >= 0.6 is 11.6 Å². The van der Waals surface area contributed by atoms with Crippen LogP contribution in [0.2, 0.25) is 0 Å². The molecular formula is C8H8ClNO. The molecule has 2 nitrogen and oxygen atoms in total. The molecule has 0 fully saturated rings. The van der Waals surface area contributed by atoms with Crippen LogP contribution in [0, 0.1) is 0 Å². The molecule has 0 spiro atoms. The highest BCUT2D eigenvalue weighted by Crippen LogP contribution is 2.00. The second kappa shape index (κ2) is 7.00. The number of rotatable bonds is 4. The van der Waals surface area contributed by atoms with E-state index in [1.54, 1.807) is 24.3 Å². The van der Waals surface area contributed by atoms with Crippen LogP contribution < -0.4 is 0 Å². The molecule has 0 amide bonds. The summed E-state index contributed by atoms with van der Waals surface area (Å²) in [5.41, 5.74) is 0. The highest BCUT2D eigenvalue weighted by Gasteiger charge is 1.84. The van der Waals surface area contributed by atoms with Crippen molar-refractivity contribution >= 4 is 17.7 Å². The minimum absolute atomic E-state index is 0.187. The Balaban J connectivity index is 3.89. The summed E-state index contributed by atoms with van der Waals surface area (Å²) in [4.78, 5) is 12.9. The van der Waals surface area contributed by atoms with E-state index in [-0.39, 0.29) is 6.54 Å². The lowest BCUT2D eigenvalue weighted by atomic mass is 10.4. The van der Waals surface area contributed by atoms with E-state index < -0.39 is 0 Å². The highest BCUT2D eigenvalue weighted by atomic mass is 35.5. The van der Waals surface area contributed by atoms with Crippen molar-refractivity contribution in [1.82, 2.24) is 0 Å². The van der Waals surface area contributed by atoms with Gasteiger partial charge in [0.15, 0.2) is 0 Å². The summed E-state index contributed by atoms with van der Waals surface area (Å²) in [5, 5.41) is 0.492. The van der Waals surface area contributed by atoms with Gasteiger partial charge in [-0.15, -0.1) is 0 Å². The van der Waals surface area contributed by atoms with Gasteiger partial charge in [0.25, 0.3) is 0 Å². The molecule has 0 aliphatic carbocycles. The third kappa shape index (κ3) is 6.78. The van der Waals surface area contributed by atoms with E-state index in [0.29, 0.717) is 5.03 Å². The molecule has 0 radical (unpaired) electrons. The van der Waals surface area contributed by atoms with Gasteiger partial charge in [0.05, 0.1) is 6.54 Å². The third-order valence-corrected chi connectivity index (χ3v) is 1.06. The zero-order chi connectivity index (χ0) is 8.53. The van der Waals surface area contributed by atoms with Crippen molar-refractivity contribution in [2.75, 3.05) is 6.54 Å². The first-order chi connectivity index (χ1) is 5.31. The molecule has 0 aromatic carbocycles. The molecule has 11 heavy (non-hydrogen) atoms. The van der Waals surface area contributed by atoms with Crippen molar-refractivity contribution in [2.24, 2.45) is 4.99 Å². The molecule has 0 aromatic heterocycles. The Labute approximate surface area is 70.6 Å². The Morgan fingerprint density at radius 2 is 2.36 bits per heavy atom. The van der Waals surface area contributed by atoms with Crippen LogP contribution in [0.4, 0.5) is 0 Å². The van der Waals surface area contributed by atoms with E-state index in [9.17, 15) is 4.79 Å². The fourth-order valence-corrected chi connectivity index (χ4v) is 0.532. The molecule has 0 unspecified atom stereocenters. The van der Waals surface area contributed by atoms with Crippen molar-refractivity contribution in [1.29, 1.82) is 0 Å². The number of nitrogens with zero attached hydrogens (tertiary/aromatic N) is 1. The minimum atomic E-state index is 0.187. The Bertz CT molecular complexity index is 224. The number of aliphatic imine (C=N–C) groups is 1. The minimum Gasteiger partial charge on any atom is -0.211 e. The lowest BCUT2D eigenvalue weighted by Crippen LogP contribution is -1.76. The van der Waals surface area contributed by atoms with Gasteiger partial charge in [-0.2, -0.15) is 0 Å². The first-order valence-corrected chi connectivity index (χ1v) is 3.36. The van der Waals surface area contributed by atoms with Gasteiger partial charge in [-0.3, -0.25) is 0 Å². The number of hydrogen-bond acceptors (Lipinski definition) is 2. The van der Waals surface area contributed by atoms with E-state index in [1.165, 1.54) is 6.08 Å². The Morgan fingerprint density at radius 1 is 1.64 bits per heavy atom. The predicted molar refractivity (Wildman–Crippen MR) is 46.3 cm³/mol.